The second-order valence-electron chi connectivity index (χ2n) is 6.49. The van der Waals surface area contributed by atoms with Gasteiger partial charge in [-0.2, -0.15) is 0 Å². The summed E-state index contributed by atoms with van der Waals surface area (Å²) in [5, 5.41) is 6.45. The fourth-order valence-corrected chi connectivity index (χ4v) is 2.98. The topological polar surface area (TPSA) is 88.5 Å². The molecule has 3 aromatic rings. The van der Waals surface area contributed by atoms with Crippen LogP contribution in [0.25, 0.3) is 10.9 Å². The van der Waals surface area contributed by atoms with E-state index >= 15 is 0 Å². The van der Waals surface area contributed by atoms with Crippen LogP contribution in [0.4, 0.5) is 15.4 Å². The molecule has 3 heterocycles. The van der Waals surface area contributed by atoms with E-state index in [2.05, 4.69) is 15.6 Å². The molecule has 1 aliphatic heterocycles. The maximum atomic E-state index is 12.1. The van der Waals surface area contributed by atoms with Crippen LogP contribution in [0, 0.1) is 0 Å². The number of pyridine rings is 1. The molecule has 8 heteroatoms. The van der Waals surface area contributed by atoms with Gasteiger partial charge in [0.15, 0.2) is 0 Å². The minimum atomic E-state index is -0.164. The van der Waals surface area contributed by atoms with Crippen molar-refractivity contribution >= 4 is 28.8 Å². The molecule has 0 radical (unpaired) electrons. The molecule has 0 spiro atoms. The van der Waals surface area contributed by atoms with Crippen molar-refractivity contribution in [1.82, 2.24) is 19.8 Å². The Hall–Kier alpha value is -3.55. The molecule has 1 aromatic carbocycles. The van der Waals surface area contributed by atoms with Crippen LogP contribution in [0.15, 0.2) is 48.8 Å². The van der Waals surface area contributed by atoms with E-state index in [1.165, 1.54) is 0 Å². The zero-order valence-corrected chi connectivity index (χ0v) is 15.5. The zero-order valence-electron chi connectivity index (χ0n) is 15.5. The van der Waals surface area contributed by atoms with E-state index < -0.39 is 0 Å². The van der Waals surface area contributed by atoms with Crippen LogP contribution in [0.1, 0.15) is 13.3 Å². The van der Waals surface area contributed by atoms with Gasteiger partial charge in [-0.1, -0.05) is 0 Å². The van der Waals surface area contributed by atoms with Crippen molar-refractivity contribution in [2.75, 3.05) is 25.0 Å². The van der Waals surface area contributed by atoms with E-state index in [0.717, 1.165) is 30.4 Å². The number of ether oxygens (including phenoxy) is 1. The first-order valence-corrected chi connectivity index (χ1v) is 9.23. The number of amides is 3. The highest BCUT2D eigenvalue weighted by Crippen LogP contribution is 2.27. The van der Waals surface area contributed by atoms with E-state index in [1.807, 2.05) is 25.1 Å². The SMILES string of the molecule is CCNC(=O)n1ccc2cc(Oc3ccnc(NC(=O)N4CCC4)c3)ccc21. The molecular weight excluding hydrogens is 358 g/mol. The van der Waals surface area contributed by atoms with Crippen LogP contribution in [0.2, 0.25) is 0 Å². The smallest absolute Gasteiger partial charge is 0.326 e. The standard InChI is InChI=1S/C20H21N5O3/c1-2-21-19(26)25-11-7-14-12-15(4-5-17(14)25)28-16-6-8-22-18(13-16)23-20(27)24-9-3-10-24/h4-8,11-13H,2-3,9-10H2,1H3,(H,21,26)(H,22,23,27). The van der Waals surface area contributed by atoms with E-state index in [9.17, 15) is 9.59 Å². The summed E-state index contributed by atoms with van der Waals surface area (Å²) in [5.41, 5.74) is 0.801. The molecule has 0 atom stereocenters. The minimum absolute atomic E-state index is 0.149. The molecule has 1 aliphatic rings. The highest BCUT2D eigenvalue weighted by atomic mass is 16.5. The fraction of sp³-hybridized carbons (Fsp3) is 0.250. The first-order valence-electron chi connectivity index (χ1n) is 9.23. The van der Waals surface area contributed by atoms with Gasteiger partial charge in [0.2, 0.25) is 0 Å². The zero-order chi connectivity index (χ0) is 19.5. The molecule has 2 N–H and O–H groups in total. The van der Waals surface area contributed by atoms with E-state index in [-0.39, 0.29) is 12.1 Å². The number of carbonyl (C=O) groups is 2. The number of likely N-dealkylation sites (tertiary alicyclic amines) is 1. The van der Waals surface area contributed by atoms with Gasteiger partial charge < -0.3 is 15.0 Å². The summed E-state index contributed by atoms with van der Waals surface area (Å²) in [5.74, 6) is 1.64. The van der Waals surface area contributed by atoms with Gasteiger partial charge in [0.1, 0.15) is 17.3 Å². The van der Waals surface area contributed by atoms with Crippen LogP contribution in [0.3, 0.4) is 0 Å². The molecule has 0 saturated carbocycles. The molecule has 0 unspecified atom stereocenters. The number of anilines is 1. The summed E-state index contributed by atoms with van der Waals surface area (Å²) in [6.45, 7) is 4.00. The number of aromatic nitrogens is 2. The molecule has 2 aromatic heterocycles. The molecule has 144 valence electrons. The third-order valence-corrected chi connectivity index (χ3v) is 4.55. The summed E-state index contributed by atoms with van der Waals surface area (Å²) in [6, 6.07) is 10.5. The van der Waals surface area contributed by atoms with E-state index in [1.54, 1.807) is 40.1 Å². The second-order valence-corrected chi connectivity index (χ2v) is 6.49. The Kier molecular flexibility index (Phi) is 4.84. The molecule has 1 fully saturated rings. The van der Waals surface area contributed by atoms with Crippen LogP contribution in [0.5, 0.6) is 11.5 Å². The molecule has 1 saturated heterocycles. The number of carbonyl (C=O) groups excluding carboxylic acids is 2. The Morgan fingerprint density at radius 3 is 2.68 bits per heavy atom. The number of nitrogens with zero attached hydrogens (tertiary/aromatic N) is 3. The number of urea groups is 1. The summed E-state index contributed by atoms with van der Waals surface area (Å²) < 4.78 is 7.48. The van der Waals surface area contributed by atoms with E-state index in [4.69, 9.17) is 4.74 Å². The van der Waals surface area contributed by atoms with Crippen molar-refractivity contribution in [2.45, 2.75) is 13.3 Å². The quantitative estimate of drug-likeness (QED) is 0.724. The Balaban J connectivity index is 1.49. The van der Waals surface area contributed by atoms with Gasteiger partial charge in [-0.05, 0) is 43.7 Å². The van der Waals surface area contributed by atoms with Gasteiger partial charge in [-0.25, -0.2) is 14.6 Å². The molecule has 3 amide bonds. The van der Waals surface area contributed by atoms with Crippen LogP contribution in [-0.4, -0.2) is 46.1 Å². The summed E-state index contributed by atoms with van der Waals surface area (Å²) in [4.78, 5) is 30.0. The predicted octanol–water partition coefficient (Wildman–Crippen LogP) is 3.64. The normalized spacial score (nSPS) is 13.1. The number of benzene rings is 1. The van der Waals surface area contributed by atoms with Crippen molar-refractivity contribution in [3.63, 3.8) is 0 Å². The molecule has 0 bridgehead atoms. The average molecular weight is 379 g/mol. The highest BCUT2D eigenvalue weighted by molar-refractivity contribution is 5.92. The monoisotopic (exact) mass is 379 g/mol. The summed E-state index contributed by atoms with van der Waals surface area (Å²) >= 11 is 0. The maximum absolute atomic E-state index is 12.1. The number of fused-ring (bicyclic) bond motifs is 1. The lowest BCUT2D eigenvalue weighted by molar-refractivity contribution is 0.181. The van der Waals surface area contributed by atoms with Crippen LogP contribution >= 0.6 is 0 Å². The van der Waals surface area contributed by atoms with Gasteiger partial charge in [0.05, 0.1) is 5.52 Å². The lowest BCUT2D eigenvalue weighted by atomic mass is 10.2. The van der Waals surface area contributed by atoms with Crippen LogP contribution < -0.4 is 15.4 Å². The van der Waals surface area contributed by atoms with Crippen molar-refractivity contribution in [3.8, 4) is 11.5 Å². The first kappa shape index (κ1) is 17.8. The van der Waals surface area contributed by atoms with Gasteiger partial charge in [-0.15, -0.1) is 0 Å². The summed E-state index contributed by atoms with van der Waals surface area (Å²) in [6.07, 6.45) is 4.36. The lowest BCUT2D eigenvalue weighted by Crippen LogP contribution is -2.44. The number of nitrogens with one attached hydrogen (secondary N) is 2. The third-order valence-electron chi connectivity index (χ3n) is 4.55. The first-order chi connectivity index (χ1) is 13.6. The highest BCUT2D eigenvalue weighted by Gasteiger charge is 2.20. The lowest BCUT2D eigenvalue weighted by Gasteiger charge is -2.30. The molecule has 8 nitrogen and oxygen atoms in total. The van der Waals surface area contributed by atoms with Gasteiger partial charge in [-0.3, -0.25) is 9.88 Å². The van der Waals surface area contributed by atoms with Gasteiger partial charge in [0, 0.05) is 43.5 Å². The molecule has 28 heavy (non-hydrogen) atoms. The predicted molar refractivity (Wildman–Crippen MR) is 106 cm³/mol. The van der Waals surface area contributed by atoms with Crippen LogP contribution in [-0.2, 0) is 0 Å². The molecule has 4 rings (SSSR count). The summed E-state index contributed by atoms with van der Waals surface area (Å²) in [7, 11) is 0. The van der Waals surface area contributed by atoms with Crippen molar-refractivity contribution in [2.24, 2.45) is 0 Å². The van der Waals surface area contributed by atoms with Crippen molar-refractivity contribution in [1.29, 1.82) is 0 Å². The Labute approximate surface area is 162 Å². The molecule has 0 aliphatic carbocycles. The van der Waals surface area contributed by atoms with Crippen molar-refractivity contribution < 1.29 is 14.3 Å². The largest absolute Gasteiger partial charge is 0.457 e. The average Bonchev–Trinajstić information content (AvgIpc) is 3.04. The number of hydrogen-bond donors (Lipinski definition) is 2. The Morgan fingerprint density at radius 2 is 1.93 bits per heavy atom. The third kappa shape index (κ3) is 3.62. The van der Waals surface area contributed by atoms with Crippen molar-refractivity contribution in [3.05, 3.63) is 48.8 Å². The van der Waals surface area contributed by atoms with Gasteiger partial charge in [0.25, 0.3) is 0 Å². The minimum Gasteiger partial charge on any atom is -0.457 e. The Bertz CT molecular complexity index is 1030. The maximum Gasteiger partial charge on any atom is 0.326 e. The number of hydrogen-bond acceptors (Lipinski definition) is 4. The van der Waals surface area contributed by atoms with Gasteiger partial charge >= 0.3 is 12.1 Å². The second kappa shape index (κ2) is 7.59. The fourth-order valence-electron chi connectivity index (χ4n) is 2.98. The van der Waals surface area contributed by atoms with E-state index in [0.29, 0.717) is 23.9 Å². The molecular formula is C20H21N5O3. The number of rotatable bonds is 4. The Morgan fingerprint density at radius 1 is 1.11 bits per heavy atom.